The first kappa shape index (κ1) is 20.3. The molecule has 0 radical (unpaired) electrons. The molecule has 2 aliphatic rings. The van der Waals surface area contributed by atoms with Crippen LogP contribution < -0.4 is 4.90 Å². The maximum absolute atomic E-state index is 12.5. The standard InChI is InChI=1S/C17H26N4O4S2/c1-3-4-5-6-10-26-16-19-18-15(27-16)21-13(11-20(2)17(21)23)25-14(22)12-8-7-9-24-12/h12-13H,3-11H2,1-2H3. The second kappa shape index (κ2) is 9.70. The van der Waals surface area contributed by atoms with Crippen molar-refractivity contribution in [3.63, 3.8) is 0 Å². The third-order valence-corrected chi connectivity index (χ3v) is 6.66. The van der Waals surface area contributed by atoms with E-state index in [4.69, 9.17) is 9.47 Å². The second-order valence-electron chi connectivity index (χ2n) is 6.69. The molecule has 27 heavy (non-hydrogen) atoms. The Hall–Kier alpha value is -1.39. The zero-order valence-corrected chi connectivity index (χ0v) is 17.4. The van der Waals surface area contributed by atoms with E-state index in [1.165, 1.54) is 40.4 Å². The number of hydrogen-bond acceptors (Lipinski definition) is 8. The number of nitrogens with zero attached hydrogens (tertiary/aromatic N) is 4. The van der Waals surface area contributed by atoms with Crippen molar-refractivity contribution in [2.24, 2.45) is 0 Å². The maximum Gasteiger partial charge on any atom is 0.337 e. The molecule has 10 heteroatoms. The third-order valence-electron chi connectivity index (χ3n) is 4.52. The first-order chi connectivity index (χ1) is 13.1. The summed E-state index contributed by atoms with van der Waals surface area (Å²) in [6, 6.07) is -0.240. The number of carbonyl (C=O) groups is 2. The molecular formula is C17H26N4O4S2. The molecule has 3 rings (SSSR count). The first-order valence-corrected chi connectivity index (χ1v) is 11.2. The van der Waals surface area contributed by atoms with Gasteiger partial charge in [-0.2, -0.15) is 0 Å². The van der Waals surface area contributed by atoms with Gasteiger partial charge in [0.2, 0.25) is 11.4 Å². The molecule has 1 aromatic rings. The highest BCUT2D eigenvalue weighted by Gasteiger charge is 2.42. The molecule has 0 N–H and O–H groups in total. The Kier molecular flexibility index (Phi) is 7.31. The molecule has 2 amide bonds. The van der Waals surface area contributed by atoms with E-state index in [1.54, 1.807) is 18.8 Å². The van der Waals surface area contributed by atoms with E-state index in [2.05, 4.69) is 17.1 Å². The van der Waals surface area contributed by atoms with Gasteiger partial charge in [-0.25, -0.2) is 14.5 Å². The average Bonchev–Trinajstić information content (AvgIpc) is 3.37. The summed E-state index contributed by atoms with van der Waals surface area (Å²) in [5.74, 6) is 0.570. The third kappa shape index (κ3) is 5.11. The van der Waals surface area contributed by atoms with E-state index < -0.39 is 18.3 Å². The highest BCUT2D eigenvalue weighted by molar-refractivity contribution is 8.01. The summed E-state index contributed by atoms with van der Waals surface area (Å²) < 4.78 is 11.8. The number of amides is 2. The van der Waals surface area contributed by atoms with Crippen LogP contribution in [0.2, 0.25) is 0 Å². The Morgan fingerprint density at radius 2 is 2.22 bits per heavy atom. The lowest BCUT2D eigenvalue weighted by Gasteiger charge is -2.21. The number of unbranched alkanes of at least 4 members (excludes halogenated alkanes) is 3. The fourth-order valence-electron chi connectivity index (χ4n) is 3.02. The van der Waals surface area contributed by atoms with Gasteiger partial charge in [0.25, 0.3) is 0 Å². The van der Waals surface area contributed by atoms with Crippen LogP contribution in [0.25, 0.3) is 0 Å². The summed E-state index contributed by atoms with van der Waals surface area (Å²) in [7, 11) is 1.68. The number of aromatic nitrogens is 2. The Labute approximate surface area is 167 Å². The molecule has 0 aromatic carbocycles. The van der Waals surface area contributed by atoms with Crippen LogP contribution >= 0.6 is 23.1 Å². The number of ether oxygens (including phenoxy) is 2. The molecule has 2 aliphatic heterocycles. The van der Waals surface area contributed by atoms with Gasteiger partial charge in [0, 0.05) is 19.4 Å². The van der Waals surface area contributed by atoms with Crippen LogP contribution in [0.5, 0.6) is 0 Å². The topological polar surface area (TPSA) is 84.9 Å². The summed E-state index contributed by atoms with van der Waals surface area (Å²) in [4.78, 5) is 27.7. The lowest BCUT2D eigenvalue weighted by Crippen LogP contribution is -2.39. The second-order valence-corrected chi connectivity index (χ2v) is 8.98. The van der Waals surface area contributed by atoms with Gasteiger partial charge in [-0.15, -0.1) is 10.2 Å². The quantitative estimate of drug-likeness (QED) is 0.266. The van der Waals surface area contributed by atoms with Gasteiger partial charge in [-0.1, -0.05) is 49.3 Å². The van der Waals surface area contributed by atoms with E-state index in [0.717, 1.165) is 22.9 Å². The summed E-state index contributed by atoms with van der Waals surface area (Å²) in [6.07, 6.45) is 5.09. The molecule has 0 saturated carbocycles. The summed E-state index contributed by atoms with van der Waals surface area (Å²) in [5.41, 5.74) is 0. The van der Waals surface area contributed by atoms with Gasteiger partial charge in [0.1, 0.15) is 0 Å². The van der Waals surface area contributed by atoms with Crippen molar-refractivity contribution >= 4 is 40.2 Å². The highest BCUT2D eigenvalue weighted by atomic mass is 32.2. The molecule has 2 atom stereocenters. The maximum atomic E-state index is 12.5. The lowest BCUT2D eigenvalue weighted by atomic mass is 10.2. The summed E-state index contributed by atoms with van der Waals surface area (Å²) in [6.45, 7) is 3.06. The van der Waals surface area contributed by atoms with Gasteiger partial charge in [-0.05, 0) is 19.3 Å². The predicted octanol–water partition coefficient (Wildman–Crippen LogP) is 3.13. The number of anilines is 1. The molecular weight excluding hydrogens is 388 g/mol. The molecule has 150 valence electrons. The Morgan fingerprint density at radius 3 is 2.96 bits per heavy atom. The molecule has 3 heterocycles. The van der Waals surface area contributed by atoms with Crippen LogP contribution in [-0.4, -0.2) is 65.4 Å². The minimum atomic E-state index is -0.699. The fraction of sp³-hybridized carbons (Fsp3) is 0.765. The van der Waals surface area contributed by atoms with Crippen LogP contribution in [0, 0.1) is 0 Å². The van der Waals surface area contributed by atoms with Gasteiger partial charge in [-0.3, -0.25) is 0 Å². The van der Waals surface area contributed by atoms with Crippen molar-refractivity contribution in [3.05, 3.63) is 0 Å². The minimum Gasteiger partial charge on any atom is -0.437 e. The number of thioether (sulfide) groups is 1. The highest BCUT2D eigenvalue weighted by Crippen LogP contribution is 2.33. The smallest absolute Gasteiger partial charge is 0.337 e. The fourth-order valence-corrected chi connectivity index (χ4v) is 4.96. The number of carbonyl (C=O) groups excluding carboxylic acids is 2. The summed E-state index contributed by atoms with van der Waals surface area (Å²) in [5, 5.41) is 8.80. The van der Waals surface area contributed by atoms with Crippen LogP contribution in [0.1, 0.15) is 45.4 Å². The van der Waals surface area contributed by atoms with Crippen molar-refractivity contribution in [1.29, 1.82) is 0 Å². The summed E-state index contributed by atoms with van der Waals surface area (Å²) >= 11 is 3.01. The molecule has 2 saturated heterocycles. The first-order valence-electron chi connectivity index (χ1n) is 9.43. The van der Waals surface area contributed by atoms with E-state index in [0.29, 0.717) is 24.7 Å². The molecule has 0 bridgehead atoms. The zero-order chi connectivity index (χ0) is 19.2. The zero-order valence-electron chi connectivity index (χ0n) is 15.8. The SMILES string of the molecule is CCCCCCSc1nnc(N2C(=O)N(C)CC2OC(=O)C2CCCO2)s1. The number of esters is 1. The van der Waals surface area contributed by atoms with Crippen LogP contribution in [0.15, 0.2) is 4.34 Å². The molecule has 2 unspecified atom stereocenters. The van der Waals surface area contributed by atoms with Crippen molar-refractivity contribution in [1.82, 2.24) is 15.1 Å². The molecule has 8 nitrogen and oxygen atoms in total. The average molecular weight is 415 g/mol. The Balaban J connectivity index is 1.60. The van der Waals surface area contributed by atoms with Gasteiger partial charge in [0.05, 0.1) is 6.54 Å². The number of hydrogen-bond donors (Lipinski definition) is 0. The van der Waals surface area contributed by atoms with Crippen LogP contribution in [-0.2, 0) is 14.3 Å². The van der Waals surface area contributed by atoms with Gasteiger partial charge in [0.15, 0.2) is 10.4 Å². The number of likely N-dealkylation sites (N-methyl/N-ethyl adjacent to an activating group) is 1. The molecule has 1 aromatic heterocycles. The van der Waals surface area contributed by atoms with Crippen molar-refractivity contribution in [3.8, 4) is 0 Å². The normalized spacial score (nSPS) is 22.7. The van der Waals surface area contributed by atoms with E-state index in [-0.39, 0.29) is 6.03 Å². The van der Waals surface area contributed by atoms with Gasteiger partial charge >= 0.3 is 12.0 Å². The largest absolute Gasteiger partial charge is 0.437 e. The van der Waals surface area contributed by atoms with E-state index >= 15 is 0 Å². The predicted molar refractivity (Wildman–Crippen MR) is 104 cm³/mol. The van der Waals surface area contributed by atoms with Gasteiger partial charge < -0.3 is 14.4 Å². The van der Waals surface area contributed by atoms with Crippen LogP contribution in [0.4, 0.5) is 9.93 Å². The Bertz CT molecular complexity index is 651. The molecule has 0 aliphatic carbocycles. The monoisotopic (exact) mass is 414 g/mol. The van der Waals surface area contributed by atoms with Crippen molar-refractivity contribution in [2.75, 3.05) is 30.9 Å². The molecule has 2 fully saturated rings. The van der Waals surface area contributed by atoms with E-state index in [1.807, 2.05) is 0 Å². The molecule has 0 spiro atoms. The minimum absolute atomic E-state index is 0.240. The van der Waals surface area contributed by atoms with Crippen LogP contribution in [0.3, 0.4) is 0 Å². The van der Waals surface area contributed by atoms with Crippen molar-refractivity contribution in [2.45, 2.75) is 62.1 Å². The lowest BCUT2D eigenvalue weighted by molar-refractivity contribution is -0.158. The van der Waals surface area contributed by atoms with E-state index in [9.17, 15) is 9.59 Å². The number of urea groups is 1. The Morgan fingerprint density at radius 1 is 1.37 bits per heavy atom. The van der Waals surface area contributed by atoms with Crippen molar-refractivity contribution < 1.29 is 19.1 Å². The number of rotatable bonds is 9.